The summed E-state index contributed by atoms with van der Waals surface area (Å²) in [5.74, 6) is -0.228. The average molecular weight is 333 g/mol. The first-order valence-electron chi connectivity index (χ1n) is 8.52. The summed E-state index contributed by atoms with van der Waals surface area (Å²) in [4.78, 5) is 13.7. The quantitative estimate of drug-likeness (QED) is 0.499. The van der Waals surface area contributed by atoms with Crippen LogP contribution in [0.15, 0.2) is 43.0 Å². The van der Waals surface area contributed by atoms with E-state index in [2.05, 4.69) is 6.58 Å². The lowest BCUT2D eigenvalue weighted by molar-refractivity contribution is -0.134. The molecule has 0 aliphatic carbocycles. The third-order valence-electron chi connectivity index (χ3n) is 4.32. The maximum absolute atomic E-state index is 12.1. The molecule has 0 heterocycles. The van der Waals surface area contributed by atoms with Crippen LogP contribution in [0.25, 0.3) is 0 Å². The van der Waals surface area contributed by atoms with Gasteiger partial charge in [-0.05, 0) is 31.7 Å². The zero-order valence-electron chi connectivity index (χ0n) is 15.2. The number of aliphatic hydroxyl groups is 1. The highest BCUT2D eigenvalue weighted by atomic mass is 16.5. The Kier molecular flexibility index (Phi) is 8.72. The van der Waals surface area contributed by atoms with Gasteiger partial charge in [-0.25, -0.2) is 0 Å². The standard InChI is InChI=1S/C20H31NO3/c1-5-6-10-13-20(2,23)18(14-19(22)21(3)4)16-24-15-17-11-8-7-9-12-17/h5,7-9,11-12,18,23H,1,6,10,13-16H2,2-4H3/t18-,20+/m0/s1. The number of nitrogens with zero attached hydrogens (tertiary/aromatic N) is 1. The van der Waals surface area contributed by atoms with Gasteiger partial charge in [0.1, 0.15) is 0 Å². The van der Waals surface area contributed by atoms with Gasteiger partial charge in [-0.2, -0.15) is 0 Å². The maximum Gasteiger partial charge on any atom is 0.222 e. The van der Waals surface area contributed by atoms with Gasteiger partial charge in [0.05, 0.1) is 18.8 Å². The normalized spacial score (nSPS) is 14.7. The minimum Gasteiger partial charge on any atom is -0.390 e. The Balaban J connectivity index is 2.65. The first-order valence-corrected chi connectivity index (χ1v) is 8.52. The SMILES string of the molecule is C=CCCC[C@@](C)(O)[C@H](COCc1ccccc1)CC(=O)N(C)C. The van der Waals surface area contributed by atoms with Crippen molar-refractivity contribution in [3.63, 3.8) is 0 Å². The number of ether oxygens (including phenoxy) is 1. The molecule has 0 radical (unpaired) electrons. The Morgan fingerprint density at radius 1 is 1.38 bits per heavy atom. The Bertz CT molecular complexity index is 497. The molecule has 0 aliphatic heterocycles. The number of rotatable bonds is 11. The van der Waals surface area contributed by atoms with Crippen LogP contribution < -0.4 is 0 Å². The minimum atomic E-state index is -0.939. The largest absolute Gasteiger partial charge is 0.390 e. The molecule has 0 bridgehead atoms. The first-order chi connectivity index (χ1) is 11.4. The topological polar surface area (TPSA) is 49.8 Å². The molecule has 0 fully saturated rings. The van der Waals surface area contributed by atoms with Gasteiger partial charge in [-0.3, -0.25) is 4.79 Å². The molecule has 0 unspecified atom stereocenters. The predicted molar refractivity (Wildman–Crippen MR) is 97.6 cm³/mol. The smallest absolute Gasteiger partial charge is 0.222 e. The van der Waals surface area contributed by atoms with E-state index in [1.165, 1.54) is 0 Å². The van der Waals surface area contributed by atoms with Crippen LogP contribution in [0.1, 0.15) is 38.2 Å². The summed E-state index contributed by atoms with van der Waals surface area (Å²) in [6.07, 6.45) is 4.46. The molecule has 24 heavy (non-hydrogen) atoms. The van der Waals surface area contributed by atoms with E-state index < -0.39 is 5.60 Å². The van der Waals surface area contributed by atoms with Crippen LogP contribution in [0.3, 0.4) is 0 Å². The van der Waals surface area contributed by atoms with Crippen molar-refractivity contribution in [2.45, 2.75) is 44.8 Å². The van der Waals surface area contributed by atoms with Gasteiger partial charge in [0.2, 0.25) is 5.91 Å². The van der Waals surface area contributed by atoms with E-state index in [9.17, 15) is 9.90 Å². The van der Waals surface area contributed by atoms with Gasteiger partial charge in [-0.1, -0.05) is 36.4 Å². The number of carbonyl (C=O) groups excluding carboxylic acids is 1. The van der Waals surface area contributed by atoms with Crippen molar-refractivity contribution in [2.75, 3.05) is 20.7 Å². The molecular weight excluding hydrogens is 302 g/mol. The Labute approximate surface area is 146 Å². The molecule has 0 spiro atoms. The molecule has 1 amide bonds. The summed E-state index contributed by atoms with van der Waals surface area (Å²) in [5.41, 5.74) is 0.146. The maximum atomic E-state index is 12.1. The lowest BCUT2D eigenvalue weighted by Gasteiger charge is -2.33. The van der Waals surface area contributed by atoms with E-state index >= 15 is 0 Å². The van der Waals surface area contributed by atoms with Crippen LogP contribution in [-0.2, 0) is 16.1 Å². The number of unbranched alkanes of at least 4 members (excludes halogenated alkanes) is 1. The molecule has 4 heteroatoms. The lowest BCUT2D eigenvalue weighted by atomic mass is 9.82. The molecule has 1 N–H and O–H groups in total. The molecule has 134 valence electrons. The zero-order chi connectivity index (χ0) is 18.0. The monoisotopic (exact) mass is 333 g/mol. The van der Waals surface area contributed by atoms with E-state index in [1.807, 2.05) is 36.4 Å². The van der Waals surface area contributed by atoms with Crippen molar-refractivity contribution < 1.29 is 14.6 Å². The van der Waals surface area contributed by atoms with Gasteiger partial charge < -0.3 is 14.7 Å². The second kappa shape index (κ2) is 10.3. The molecule has 1 aromatic rings. The van der Waals surface area contributed by atoms with E-state index in [-0.39, 0.29) is 18.2 Å². The van der Waals surface area contributed by atoms with Crippen LogP contribution in [0.4, 0.5) is 0 Å². The van der Waals surface area contributed by atoms with Crippen LogP contribution in [-0.4, -0.2) is 42.2 Å². The fourth-order valence-corrected chi connectivity index (χ4v) is 2.55. The van der Waals surface area contributed by atoms with E-state index in [1.54, 1.807) is 25.9 Å². The number of allylic oxidation sites excluding steroid dienone is 1. The fourth-order valence-electron chi connectivity index (χ4n) is 2.55. The van der Waals surface area contributed by atoms with Crippen molar-refractivity contribution >= 4 is 5.91 Å². The fraction of sp³-hybridized carbons (Fsp3) is 0.550. The number of hydrogen-bond donors (Lipinski definition) is 1. The first kappa shape index (κ1) is 20.4. The summed E-state index contributed by atoms with van der Waals surface area (Å²) in [6.45, 7) is 6.35. The number of amides is 1. The number of hydrogen-bond acceptors (Lipinski definition) is 3. The highest BCUT2D eigenvalue weighted by molar-refractivity contribution is 5.75. The highest BCUT2D eigenvalue weighted by Crippen LogP contribution is 2.27. The predicted octanol–water partition coefficient (Wildman–Crippen LogP) is 3.41. The lowest BCUT2D eigenvalue weighted by Crippen LogP contribution is -2.40. The molecule has 0 aromatic heterocycles. The van der Waals surface area contributed by atoms with Gasteiger partial charge in [-0.15, -0.1) is 6.58 Å². The highest BCUT2D eigenvalue weighted by Gasteiger charge is 2.33. The molecule has 0 saturated heterocycles. The Morgan fingerprint density at radius 3 is 2.62 bits per heavy atom. The molecule has 1 rings (SSSR count). The number of carbonyl (C=O) groups is 1. The minimum absolute atomic E-state index is 0.00677. The van der Waals surface area contributed by atoms with E-state index in [0.717, 1.165) is 18.4 Å². The third-order valence-corrected chi connectivity index (χ3v) is 4.32. The van der Waals surface area contributed by atoms with Crippen molar-refractivity contribution in [3.8, 4) is 0 Å². The summed E-state index contributed by atoms with van der Waals surface area (Å²) >= 11 is 0. The van der Waals surface area contributed by atoms with Gasteiger partial charge >= 0.3 is 0 Å². The van der Waals surface area contributed by atoms with E-state index in [0.29, 0.717) is 19.6 Å². The second-order valence-electron chi connectivity index (χ2n) is 6.73. The van der Waals surface area contributed by atoms with Crippen LogP contribution in [0.2, 0.25) is 0 Å². The van der Waals surface area contributed by atoms with Crippen molar-refractivity contribution in [2.24, 2.45) is 5.92 Å². The van der Waals surface area contributed by atoms with Gasteiger partial charge in [0.15, 0.2) is 0 Å². The summed E-state index contributed by atoms with van der Waals surface area (Å²) < 4.78 is 5.80. The summed E-state index contributed by atoms with van der Waals surface area (Å²) in [6, 6.07) is 9.91. The van der Waals surface area contributed by atoms with Crippen LogP contribution in [0, 0.1) is 5.92 Å². The second-order valence-corrected chi connectivity index (χ2v) is 6.73. The Morgan fingerprint density at radius 2 is 2.04 bits per heavy atom. The van der Waals surface area contributed by atoms with Crippen molar-refractivity contribution in [1.82, 2.24) is 4.90 Å². The average Bonchev–Trinajstić information content (AvgIpc) is 2.54. The summed E-state index contributed by atoms with van der Waals surface area (Å²) in [7, 11) is 3.47. The molecule has 0 aliphatic rings. The Hall–Kier alpha value is -1.65. The van der Waals surface area contributed by atoms with Crippen molar-refractivity contribution in [3.05, 3.63) is 48.6 Å². The number of benzene rings is 1. The molecular formula is C20H31NO3. The van der Waals surface area contributed by atoms with Crippen LogP contribution in [0.5, 0.6) is 0 Å². The molecule has 0 saturated carbocycles. The van der Waals surface area contributed by atoms with Gasteiger partial charge in [0.25, 0.3) is 0 Å². The molecule has 1 aromatic carbocycles. The summed E-state index contributed by atoms with van der Waals surface area (Å²) in [5, 5.41) is 10.8. The zero-order valence-corrected chi connectivity index (χ0v) is 15.2. The van der Waals surface area contributed by atoms with Crippen LogP contribution >= 0.6 is 0 Å². The van der Waals surface area contributed by atoms with E-state index in [4.69, 9.17) is 4.74 Å². The molecule has 4 nitrogen and oxygen atoms in total. The molecule has 2 atom stereocenters. The van der Waals surface area contributed by atoms with Crippen molar-refractivity contribution in [1.29, 1.82) is 0 Å². The third kappa shape index (κ3) is 7.28. The van der Waals surface area contributed by atoms with Gasteiger partial charge in [0, 0.05) is 26.4 Å².